The molecule has 1 saturated heterocycles. The van der Waals surface area contributed by atoms with Crippen molar-refractivity contribution in [2.75, 3.05) is 13.1 Å². The molecule has 2 N–H and O–H groups in total. The van der Waals surface area contributed by atoms with Crippen molar-refractivity contribution < 1.29 is 4.79 Å². The molecule has 0 atom stereocenters. The molecule has 66 valence electrons. The van der Waals surface area contributed by atoms with E-state index in [1.807, 2.05) is 0 Å². The fourth-order valence-corrected chi connectivity index (χ4v) is 1.77. The van der Waals surface area contributed by atoms with Crippen molar-refractivity contribution in [3.05, 3.63) is 0 Å². The molecule has 2 heterocycles. The summed E-state index contributed by atoms with van der Waals surface area (Å²) in [6.45, 7) is 2.11. The summed E-state index contributed by atoms with van der Waals surface area (Å²) in [6.07, 6.45) is 2.76. The predicted molar refractivity (Wildman–Crippen MR) is 45.8 cm³/mol. The average Bonchev–Trinajstić information content (AvgIpc) is 2.54. The van der Waals surface area contributed by atoms with Crippen LogP contribution in [0.1, 0.15) is 19.3 Å². The number of carbonyl (C=O) groups excluding carboxylic acids is 1. The van der Waals surface area contributed by atoms with E-state index in [1.165, 1.54) is 0 Å². The molecule has 2 rings (SSSR count). The van der Waals surface area contributed by atoms with Crippen LogP contribution in [0.15, 0.2) is 5.10 Å². The molecule has 0 aromatic carbocycles. The standard InChI is InChI=1S/C8H13N3O/c12-8-5-7(10-11-8)6-1-3-9-4-2-6/h6,9H,1-5H2,(H,11,12). The molecule has 0 bridgehead atoms. The van der Waals surface area contributed by atoms with Gasteiger partial charge >= 0.3 is 0 Å². The fraction of sp³-hybridized carbons (Fsp3) is 0.750. The van der Waals surface area contributed by atoms with Crippen molar-refractivity contribution in [3.63, 3.8) is 0 Å². The third-order valence-corrected chi connectivity index (χ3v) is 2.48. The van der Waals surface area contributed by atoms with E-state index in [-0.39, 0.29) is 5.91 Å². The van der Waals surface area contributed by atoms with Crippen molar-refractivity contribution >= 4 is 11.6 Å². The van der Waals surface area contributed by atoms with Gasteiger partial charge in [0.05, 0.1) is 12.1 Å². The summed E-state index contributed by atoms with van der Waals surface area (Å²) in [6, 6.07) is 0. The van der Waals surface area contributed by atoms with Crippen LogP contribution in [0.5, 0.6) is 0 Å². The monoisotopic (exact) mass is 167 g/mol. The first-order valence-corrected chi connectivity index (χ1v) is 4.42. The zero-order valence-electron chi connectivity index (χ0n) is 6.97. The summed E-state index contributed by atoms with van der Waals surface area (Å²) in [5.74, 6) is 0.578. The van der Waals surface area contributed by atoms with Crippen molar-refractivity contribution in [1.82, 2.24) is 10.7 Å². The lowest BCUT2D eigenvalue weighted by Crippen LogP contribution is -2.31. The van der Waals surface area contributed by atoms with Crippen LogP contribution in [0.3, 0.4) is 0 Å². The smallest absolute Gasteiger partial charge is 0.245 e. The summed E-state index contributed by atoms with van der Waals surface area (Å²) in [7, 11) is 0. The van der Waals surface area contributed by atoms with Gasteiger partial charge in [0.25, 0.3) is 0 Å². The van der Waals surface area contributed by atoms with Crippen LogP contribution >= 0.6 is 0 Å². The molecule has 2 aliphatic rings. The molecule has 0 saturated carbocycles. The highest BCUT2D eigenvalue weighted by molar-refractivity contribution is 6.05. The van der Waals surface area contributed by atoms with Gasteiger partial charge in [-0.15, -0.1) is 0 Å². The number of nitrogens with zero attached hydrogens (tertiary/aromatic N) is 1. The maximum Gasteiger partial charge on any atom is 0.245 e. The number of nitrogens with one attached hydrogen (secondary N) is 2. The summed E-state index contributed by atoms with van der Waals surface area (Å²) >= 11 is 0. The third-order valence-electron chi connectivity index (χ3n) is 2.48. The van der Waals surface area contributed by atoms with E-state index < -0.39 is 0 Å². The molecule has 0 unspecified atom stereocenters. The molecule has 12 heavy (non-hydrogen) atoms. The van der Waals surface area contributed by atoms with E-state index >= 15 is 0 Å². The van der Waals surface area contributed by atoms with E-state index in [1.54, 1.807) is 0 Å². The lowest BCUT2D eigenvalue weighted by molar-refractivity contribution is -0.119. The Bertz CT molecular complexity index is 218. The van der Waals surface area contributed by atoms with Crippen LogP contribution in [0, 0.1) is 5.92 Å². The summed E-state index contributed by atoms with van der Waals surface area (Å²) in [4.78, 5) is 10.9. The van der Waals surface area contributed by atoms with Gasteiger partial charge in [-0.1, -0.05) is 0 Å². The topological polar surface area (TPSA) is 53.5 Å². The maximum absolute atomic E-state index is 10.9. The van der Waals surface area contributed by atoms with E-state index in [0.29, 0.717) is 12.3 Å². The SMILES string of the molecule is O=C1CC(C2CCNCC2)=NN1. The van der Waals surface area contributed by atoms with Gasteiger partial charge < -0.3 is 5.32 Å². The second kappa shape index (κ2) is 3.23. The van der Waals surface area contributed by atoms with Crippen molar-refractivity contribution in [2.24, 2.45) is 11.0 Å². The van der Waals surface area contributed by atoms with Crippen molar-refractivity contribution in [1.29, 1.82) is 0 Å². The highest BCUT2D eigenvalue weighted by Crippen LogP contribution is 2.17. The molecular weight excluding hydrogens is 154 g/mol. The first-order valence-electron chi connectivity index (χ1n) is 4.42. The quantitative estimate of drug-likeness (QED) is 0.571. The van der Waals surface area contributed by atoms with Gasteiger partial charge in [-0.2, -0.15) is 5.10 Å². The number of hydrazone groups is 1. The van der Waals surface area contributed by atoms with Gasteiger partial charge in [0.2, 0.25) is 5.91 Å². The van der Waals surface area contributed by atoms with Gasteiger partial charge in [0.15, 0.2) is 0 Å². The normalized spacial score (nSPS) is 25.3. The van der Waals surface area contributed by atoms with Crippen LogP contribution in [-0.4, -0.2) is 24.7 Å². The largest absolute Gasteiger partial charge is 0.317 e. The molecule has 0 aromatic rings. The second-order valence-electron chi connectivity index (χ2n) is 3.34. The van der Waals surface area contributed by atoms with E-state index in [0.717, 1.165) is 31.6 Å². The lowest BCUT2D eigenvalue weighted by Gasteiger charge is -2.21. The molecule has 1 fully saturated rings. The minimum absolute atomic E-state index is 0.0449. The first-order chi connectivity index (χ1) is 5.86. The van der Waals surface area contributed by atoms with Crippen LogP contribution in [-0.2, 0) is 4.79 Å². The lowest BCUT2D eigenvalue weighted by atomic mass is 9.91. The highest BCUT2D eigenvalue weighted by atomic mass is 16.2. The Morgan fingerprint density at radius 1 is 1.33 bits per heavy atom. The molecule has 1 amide bonds. The Morgan fingerprint density at radius 3 is 2.67 bits per heavy atom. The van der Waals surface area contributed by atoms with Crippen molar-refractivity contribution in [2.45, 2.75) is 19.3 Å². The molecule has 0 aromatic heterocycles. The van der Waals surface area contributed by atoms with Gasteiger partial charge in [-0.3, -0.25) is 4.79 Å². The number of carbonyl (C=O) groups is 1. The number of rotatable bonds is 1. The highest BCUT2D eigenvalue weighted by Gasteiger charge is 2.24. The Morgan fingerprint density at radius 2 is 2.08 bits per heavy atom. The first kappa shape index (κ1) is 7.73. The van der Waals surface area contributed by atoms with Gasteiger partial charge in [0, 0.05) is 5.92 Å². The van der Waals surface area contributed by atoms with Gasteiger partial charge in [0.1, 0.15) is 0 Å². The predicted octanol–water partition coefficient (Wildman–Crippen LogP) is -0.138. The fourth-order valence-electron chi connectivity index (χ4n) is 1.77. The maximum atomic E-state index is 10.9. The third kappa shape index (κ3) is 1.48. The molecule has 4 nitrogen and oxygen atoms in total. The van der Waals surface area contributed by atoms with Gasteiger partial charge in [-0.25, -0.2) is 5.43 Å². The zero-order chi connectivity index (χ0) is 8.39. The van der Waals surface area contributed by atoms with Crippen LogP contribution in [0.25, 0.3) is 0 Å². The molecule has 0 aliphatic carbocycles. The number of piperidine rings is 1. The second-order valence-corrected chi connectivity index (χ2v) is 3.34. The van der Waals surface area contributed by atoms with Crippen LogP contribution < -0.4 is 10.7 Å². The van der Waals surface area contributed by atoms with E-state index in [4.69, 9.17) is 0 Å². The number of hydrogen-bond acceptors (Lipinski definition) is 3. The minimum atomic E-state index is 0.0449. The molecule has 0 radical (unpaired) electrons. The molecule has 4 heteroatoms. The van der Waals surface area contributed by atoms with Crippen LogP contribution in [0.4, 0.5) is 0 Å². The Balaban J connectivity index is 1.95. The van der Waals surface area contributed by atoms with Crippen LogP contribution in [0.2, 0.25) is 0 Å². The van der Waals surface area contributed by atoms with E-state index in [9.17, 15) is 4.79 Å². The molecule has 0 spiro atoms. The summed E-state index contributed by atoms with van der Waals surface area (Å²) in [5.41, 5.74) is 3.55. The number of amides is 1. The average molecular weight is 167 g/mol. The molecular formula is C8H13N3O. The number of hydrogen-bond donors (Lipinski definition) is 2. The Labute approximate surface area is 71.4 Å². The Hall–Kier alpha value is -0.900. The summed E-state index contributed by atoms with van der Waals surface area (Å²) < 4.78 is 0. The summed E-state index contributed by atoms with van der Waals surface area (Å²) in [5, 5.41) is 7.32. The Kier molecular flexibility index (Phi) is 2.08. The van der Waals surface area contributed by atoms with E-state index in [2.05, 4.69) is 15.8 Å². The van der Waals surface area contributed by atoms with Crippen molar-refractivity contribution in [3.8, 4) is 0 Å². The molecule has 2 aliphatic heterocycles. The zero-order valence-corrected chi connectivity index (χ0v) is 6.97. The minimum Gasteiger partial charge on any atom is -0.317 e. The van der Waals surface area contributed by atoms with Gasteiger partial charge in [-0.05, 0) is 25.9 Å².